The van der Waals surface area contributed by atoms with Gasteiger partial charge in [0.2, 0.25) is 0 Å². The van der Waals surface area contributed by atoms with Crippen LogP contribution in [-0.4, -0.2) is 35.5 Å². The molecule has 1 aromatic heterocycles. The molecule has 1 amide bonds. The minimum Gasteiger partial charge on any atom is -0.497 e. The lowest BCUT2D eigenvalue weighted by Gasteiger charge is -2.56. The second-order valence-electron chi connectivity index (χ2n) is 11.2. The molecular formula is C26H31F3N4O2. The Bertz CT molecular complexity index is 1090. The van der Waals surface area contributed by atoms with Crippen molar-refractivity contribution in [1.29, 1.82) is 0 Å². The molecule has 4 saturated carbocycles. The van der Waals surface area contributed by atoms with E-state index in [-0.39, 0.29) is 29.1 Å². The number of carbonyl (C=O) groups excluding carboxylic acids is 1. The van der Waals surface area contributed by atoms with Crippen LogP contribution >= 0.6 is 0 Å². The van der Waals surface area contributed by atoms with Gasteiger partial charge in [-0.25, -0.2) is 4.68 Å². The van der Waals surface area contributed by atoms with Gasteiger partial charge in [0, 0.05) is 13.0 Å². The van der Waals surface area contributed by atoms with E-state index in [4.69, 9.17) is 4.74 Å². The number of fused-ring (bicyclic) bond motifs is 1. The van der Waals surface area contributed by atoms with Crippen LogP contribution in [0.15, 0.2) is 30.5 Å². The summed E-state index contributed by atoms with van der Waals surface area (Å²) in [7, 11) is 1.52. The zero-order chi connectivity index (χ0) is 24.4. The second-order valence-corrected chi connectivity index (χ2v) is 11.2. The third-order valence-corrected chi connectivity index (χ3v) is 8.77. The number of carbonyl (C=O) groups is 1. The molecule has 2 atom stereocenters. The fourth-order valence-electron chi connectivity index (χ4n) is 7.68. The van der Waals surface area contributed by atoms with Crippen molar-refractivity contribution in [1.82, 2.24) is 15.1 Å². The van der Waals surface area contributed by atoms with Crippen LogP contribution in [0.4, 0.5) is 19.0 Å². The number of aromatic nitrogens is 2. The van der Waals surface area contributed by atoms with Crippen molar-refractivity contribution in [2.75, 3.05) is 19.0 Å². The van der Waals surface area contributed by atoms with E-state index in [9.17, 15) is 18.0 Å². The highest BCUT2D eigenvalue weighted by atomic mass is 19.4. The Morgan fingerprint density at radius 2 is 1.86 bits per heavy atom. The minimum absolute atomic E-state index is 0.120. The lowest BCUT2D eigenvalue weighted by molar-refractivity contribution is -0.173. The molecule has 5 aliphatic rings. The number of methoxy groups -OCH3 is 1. The first-order valence-corrected chi connectivity index (χ1v) is 12.6. The van der Waals surface area contributed by atoms with Crippen LogP contribution in [0.1, 0.15) is 73.0 Å². The van der Waals surface area contributed by atoms with Crippen molar-refractivity contribution in [3.63, 3.8) is 0 Å². The number of hydrogen-bond acceptors (Lipinski definition) is 4. The largest absolute Gasteiger partial charge is 0.497 e. The van der Waals surface area contributed by atoms with E-state index in [1.54, 1.807) is 24.3 Å². The summed E-state index contributed by atoms with van der Waals surface area (Å²) in [5.41, 5.74) is 0.977. The van der Waals surface area contributed by atoms with Crippen molar-refractivity contribution < 1.29 is 22.7 Å². The third-order valence-electron chi connectivity index (χ3n) is 8.77. The first-order chi connectivity index (χ1) is 16.7. The van der Waals surface area contributed by atoms with Gasteiger partial charge in [0.25, 0.3) is 5.91 Å². The molecule has 35 heavy (non-hydrogen) atoms. The van der Waals surface area contributed by atoms with E-state index in [0.29, 0.717) is 17.9 Å². The van der Waals surface area contributed by atoms with Crippen molar-refractivity contribution in [2.45, 2.75) is 63.2 Å². The number of nitrogens with one attached hydrogen (secondary N) is 2. The summed E-state index contributed by atoms with van der Waals surface area (Å²) in [4.78, 5) is 13.3. The number of benzene rings is 1. The van der Waals surface area contributed by atoms with Crippen LogP contribution in [0.25, 0.3) is 0 Å². The van der Waals surface area contributed by atoms with Gasteiger partial charge in [0.05, 0.1) is 19.3 Å². The van der Waals surface area contributed by atoms with Gasteiger partial charge < -0.3 is 15.4 Å². The number of hydrogen-bond donors (Lipinski definition) is 2. The zero-order valence-electron chi connectivity index (χ0n) is 19.8. The molecule has 188 valence electrons. The molecule has 0 saturated heterocycles. The molecule has 4 aliphatic carbocycles. The Kier molecular flexibility index (Phi) is 5.30. The average Bonchev–Trinajstić information content (AvgIpc) is 3.24. The van der Waals surface area contributed by atoms with Crippen LogP contribution in [0.3, 0.4) is 0 Å². The SMILES string of the molecule is COc1cccc([C@@H]2C[C@H](C(F)(F)F)n3ncc(C(=O)NCC45CC6CC(CC(C6)C4)C5)c3N2)c1. The Labute approximate surface area is 202 Å². The topological polar surface area (TPSA) is 68.2 Å². The molecule has 0 radical (unpaired) electrons. The normalized spacial score (nSPS) is 33.2. The number of halogens is 3. The molecular weight excluding hydrogens is 457 g/mol. The molecule has 6 nitrogen and oxygen atoms in total. The molecule has 2 heterocycles. The summed E-state index contributed by atoms with van der Waals surface area (Å²) < 4.78 is 48.2. The van der Waals surface area contributed by atoms with Gasteiger partial charge in [-0.05, 0) is 79.4 Å². The van der Waals surface area contributed by atoms with Crippen LogP contribution in [-0.2, 0) is 0 Å². The zero-order valence-corrected chi connectivity index (χ0v) is 19.8. The van der Waals surface area contributed by atoms with E-state index in [0.717, 1.165) is 41.7 Å². The van der Waals surface area contributed by atoms with E-state index in [2.05, 4.69) is 15.7 Å². The predicted molar refractivity (Wildman–Crippen MR) is 124 cm³/mol. The summed E-state index contributed by atoms with van der Waals surface area (Å²) in [6.07, 6.45) is 3.96. The van der Waals surface area contributed by atoms with Gasteiger partial charge in [-0.1, -0.05) is 12.1 Å². The fourth-order valence-corrected chi connectivity index (χ4v) is 7.68. The number of nitrogens with zero attached hydrogens (tertiary/aromatic N) is 2. The Balaban J connectivity index is 1.25. The standard InChI is InChI=1S/C26H31F3N4O2/c1-35-19-4-2-3-18(8-19)21-9-22(26(27,28)29)33-23(32-21)20(13-31-33)24(34)30-14-25-10-15-5-16(11-25)7-17(6-15)12-25/h2-4,8,13,15-17,21-22,32H,5-7,9-12,14H2,1H3,(H,30,34)/t15?,16?,17?,21-,22+,25?/m0/s1. The van der Waals surface area contributed by atoms with E-state index >= 15 is 0 Å². The van der Waals surface area contributed by atoms with Crippen LogP contribution in [0, 0.1) is 23.2 Å². The monoisotopic (exact) mass is 488 g/mol. The molecule has 4 bridgehead atoms. The average molecular weight is 489 g/mol. The predicted octanol–water partition coefficient (Wildman–Crippen LogP) is 5.50. The van der Waals surface area contributed by atoms with Crippen LogP contribution in [0.2, 0.25) is 0 Å². The van der Waals surface area contributed by atoms with Gasteiger partial charge in [-0.3, -0.25) is 4.79 Å². The molecule has 4 fully saturated rings. The highest BCUT2D eigenvalue weighted by Gasteiger charge is 2.51. The van der Waals surface area contributed by atoms with Crippen molar-refractivity contribution in [3.05, 3.63) is 41.6 Å². The quantitative estimate of drug-likeness (QED) is 0.583. The Hall–Kier alpha value is -2.71. The molecule has 1 aromatic carbocycles. The molecule has 0 unspecified atom stereocenters. The summed E-state index contributed by atoms with van der Waals surface area (Å²) in [5.74, 6) is 2.62. The lowest BCUT2D eigenvalue weighted by Crippen LogP contribution is -2.51. The minimum atomic E-state index is -4.49. The summed E-state index contributed by atoms with van der Waals surface area (Å²) >= 11 is 0. The van der Waals surface area contributed by atoms with Gasteiger partial charge in [-0.2, -0.15) is 18.3 Å². The number of anilines is 1. The number of alkyl halides is 3. The first kappa shape index (κ1) is 22.7. The van der Waals surface area contributed by atoms with Gasteiger partial charge in [0.1, 0.15) is 17.1 Å². The molecule has 9 heteroatoms. The summed E-state index contributed by atoms with van der Waals surface area (Å²) in [5, 5.41) is 10.3. The Morgan fingerprint density at radius 3 is 2.49 bits per heavy atom. The third kappa shape index (κ3) is 4.06. The summed E-state index contributed by atoms with van der Waals surface area (Å²) in [6.45, 7) is 0.585. The molecule has 1 aliphatic heterocycles. The van der Waals surface area contributed by atoms with E-state index in [1.807, 2.05) is 0 Å². The van der Waals surface area contributed by atoms with Crippen molar-refractivity contribution in [3.8, 4) is 5.75 Å². The van der Waals surface area contributed by atoms with Crippen LogP contribution in [0.5, 0.6) is 5.75 Å². The van der Waals surface area contributed by atoms with E-state index in [1.165, 1.54) is 32.6 Å². The first-order valence-electron chi connectivity index (χ1n) is 12.6. The van der Waals surface area contributed by atoms with E-state index < -0.39 is 18.3 Å². The maximum absolute atomic E-state index is 14.0. The van der Waals surface area contributed by atoms with Gasteiger partial charge in [0.15, 0.2) is 6.04 Å². The fraction of sp³-hybridized carbons (Fsp3) is 0.615. The van der Waals surface area contributed by atoms with Crippen molar-refractivity contribution in [2.24, 2.45) is 23.2 Å². The molecule has 0 spiro atoms. The lowest BCUT2D eigenvalue weighted by atomic mass is 9.49. The highest BCUT2D eigenvalue weighted by Crippen LogP contribution is 2.59. The highest BCUT2D eigenvalue weighted by molar-refractivity contribution is 5.99. The number of amides is 1. The number of ether oxygens (including phenoxy) is 1. The number of rotatable bonds is 5. The smallest absolute Gasteiger partial charge is 0.410 e. The molecule has 2 aromatic rings. The van der Waals surface area contributed by atoms with Gasteiger partial charge >= 0.3 is 6.18 Å². The Morgan fingerprint density at radius 1 is 1.17 bits per heavy atom. The van der Waals surface area contributed by atoms with Crippen molar-refractivity contribution >= 4 is 11.7 Å². The maximum atomic E-state index is 14.0. The van der Waals surface area contributed by atoms with Gasteiger partial charge in [-0.15, -0.1) is 0 Å². The maximum Gasteiger partial charge on any atom is 0.410 e. The van der Waals surface area contributed by atoms with Crippen LogP contribution < -0.4 is 15.4 Å². The molecule has 7 rings (SSSR count). The molecule has 2 N–H and O–H groups in total. The summed E-state index contributed by atoms with van der Waals surface area (Å²) in [6, 6.07) is 4.55. The second kappa shape index (κ2) is 8.17.